The number of hydrogen-bond donors (Lipinski definition) is 2. The van der Waals surface area contributed by atoms with Crippen molar-refractivity contribution in [2.24, 2.45) is 5.92 Å². The molecule has 92 valence electrons. The van der Waals surface area contributed by atoms with Crippen LogP contribution < -0.4 is 10.6 Å². The van der Waals surface area contributed by atoms with Crippen molar-refractivity contribution < 1.29 is 0 Å². The third kappa shape index (κ3) is 6.48. The summed E-state index contributed by atoms with van der Waals surface area (Å²) in [5.74, 6) is 0.737. The Kier molecular flexibility index (Phi) is 7.05. The van der Waals surface area contributed by atoms with Crippen LogP contribution in [0.1, 0.15) is 25.1 Å². The van der Waals surface area contributed by atoms with E-state index >= 15 is 0 Å². The summed E-state index contributed by atoms with van der Waals surface area (Å²) in [6.45, 7) is 8.65. The van der Waals surface area contributed by atoms with Crippen molar-refractivity contribution in [2.75, 3.05) is 19.6 Å². The van der Waals surface area contributed by atoms with E-state index in [1.807, 2.05) is 6.07 Å². The van der Waals surface area contributed by atoms with E-state index in [0.717, 1.165) is 36.4 Å². The topological polar surface area (TPSA) is 24.1 Å². The standard InChI is InChI=1S/C12H21ClN2S/c1-10(2)8-14-6-3-7-15-9-11-4-5-12(13)16-11/h4-5,10,14-15H,3,6-9H2,1-2H3. The van der Waals surface area contributed by atoms with Crippen LogP contribution in [0, 0.1) is 5.92 Å². The summed E-state index contributed by atoms with van der Waals surface area (Å²) in [5, 5.41) is 6.84. The molecule has 0 amide bonds. The van der Waals surface area contributed by atoms with Gasteiger partial charge in [0.1, 0.15) is 0 Å². The molecule has 0 bridgehead atoms. The molecule has 0 aliphatic carbocycles. The minimum atomic E-state index is 0.737. The second-order valence-electron chi connectivity index (χ2n) is 4.33. The molecule has 2 N–H and O–H groups in total. The van der Waals surface area contributed by atoms with Crippen LogP contribution in [0.25, 0.3) is 0 Å². The van der Waals surface area contributed by atoms with Crippen molar-refractivity contribution in [3.8, 4) is 0 Å². The zero-order valence-corrected chi connectivity index (χ0v) is 11.6. The smallest absolute Gasteiger partial charge is 0.0931 e. The average Bonchev–Trinajstić information content (AvgIpc) is 2.62. The molecule has 0 radical (unpaired) electrons. The molecule has 0 saturated heterocycles. The Morgan fingerprint density at radius 2 is 2.00 bits per heavy atom. The first-order valence-corrected chi connectivity index (χ1v) is 7.03. The van der Waals surface area contributed by atoms with Gasteiger partial charge in [-0.25, -0.2) is 0 Å². The second kappa shape index (κ2) is 8.07. The first-order chi connectivity index (χ1) is 7.68. The van der Waals surface area contributed by atoms with Crippen molar-refractivity contribution in [1.82, 2.24) is 10.6 Å². The average molecular weight is 261 g/mol. The number of rotatable bonds is 8. The van der Waals surface area contributed by atoms with Gasteiger partial charge < -0.3 is 10.6 Å². The summed E-state index contributed by atoms with van der Waals surface area (Å²) in [5.41, 5.74) is 0. The van der Waals surface area contributed by atoms with E-state index in [9.17, 15) is 0 Å². The van der Waals surface area contributed by atoms with E-state index in [1.54, 1.807) is 11.3 Å². The monoisotopic (exact) mass is 260 g/mol. The molecule has 1 heterocycles. The van der Waals surface area contributed by atoms with Crippen LogP contribution in [0.5, 0.6) is 0 Å². The van der Waals surface area contributed by atoms with E-state index in [4.69, 9.17) is 11.6 Å². The van der Waals surface area contributed by atoms with Gasteiger partial charge in [-0.05, 0) is 44.1 Å². The number of nitrogens with one attached hydrogen (secondary N) is 2. The first kappa shape index (κ1) is 14.0. The number of halogens is 1. The minimum absolute atomic E-state index is 0.737. The number of thiophene rings is 1. The van der Waals surface area contributed by atoms with Crippen molar-refractivity contribution >= 4 is 22.9 Å². The molecule has 0 spiro atoms. The molecule has 1 rings (SSSR count). The molecule has 0 aliphatic heterocycles. The molecular formula is C12H21ClN2S. The Bertz CT molecular complexity index is 286. The normalized spacial score (nSPS) is 11.2. The van der Waals surface area contributed by atoms with Gasteiger partial charge in [0.15, 0.2) is 0 Å². The highest BCUT2D eigenvalue weighted by molar-refractivity contribution is 7.16. The van der Waals surface area contributed by atoms with Crippen LogP contribution in [0.15, 0.2) is 12.1 Å². The van der Waals surface area contributed by atoms with E-state index in [-0.39, 0.29) is 0 Å². The van der Waals surface area contributed by atoms with Gasteiger partial charge in [0.25, 0.3) is 0 Å². The van der Waals surface area contributed by atoms with Gasteiger partial charge in [-0.1, -0.05) is 25.4 Å². The fourth-order valence-corrected chi connectivity index (χ4v) is 2.44. The molecule has 1 aromatic heterocycles. The fourth-order valence-electron chi connectivity index (χ4n) is 1.39. The van der Waals surface area contributed by atoms with Gasteiger partial charge in [-0.3, -0.25) is 0 Å². The lowest BCUT2D eigenvalue weighted by atomic mass is 10.2. The van der Waals surface area contributed by atoms with Crippen LogP contribution in [-0.4, -0.2) is 19.6 Å². The largest absolute Gasteiger partial charge is 0.316 e. The Hall–Kier alpha value is -0.0900. The lowest BCUT2D eigenvalue weighted by Crippen LogP contribution is -2.24. The maximum Gasteiger partial charge on any atom is 0.0931 e. The Balaban J connectivity index is 1.92. The van der Waals surface area contributed by atoms with Crippen LogP contribution >= 0.6 is 22.9 Å². The fraction of sp³-hybridized carbons (Fsp3) is 0.667. The third-order valence-electron chi connectivity index (χ3n) is 2.19. The Labute approximate surface area is 107 Å². The lowest BCUT2D eigenvalue weighted by molar-refractivity contribution is 0.531. The molecular weight excluding hydrogens is 240 g/mol. The summed E-state index contributed by atoms with van der Waals surface area (Å²) in [7, 11) is 0. The SMILES string of the molecule is CC(C)CNCCCNCc1ccc(Cl)s1. The third-order valence-corrected chi connectivity index (χ3v) is 3.42. The van der Waals surface area contributed by atoms with Gasteiger partial charge in [0.2, 0.25) is 0 Å². The molecule has 0 fully saturated rings. The molecule has 0 aliphatic rings. The van der Waals surface area contributed by atoms with E-state index in [0.29, 0.717) is 0 Å². The predicted molar refractivity (Wildman–Crippen MR) is 73.4 cm³/mol. The molecule has 16 heavy (non-hydrogen) atoms. The zero-order valence-electron chi connectivity index (χ0n) is 10.1. The molecule has 0 saturated carbocycles. The van der Waals surface area contributed by atoms with Gasteiger partial charge in [-0.15, -0.1) is 11.3 Å². The van der Waals surface area contributed by atoms with E-state index in [2.05, 4.69) is 30.5 Å². The predicted octanol–water partition coefficient (Wildman–Crippen LogP) is 3.13. The van der Waals surface area contributed by atoms with Crippen molar-refractivity contribution in [3.05, 3.63) is 21.3 Å². The van der Waals surface area contributed by atoms with Crippen molar-refractivity contribution in [1.29, 1.82) is 0 Å². The van der Waals surface area contributed by atoms with Crippen LogP contribution in [0.3, 0.4) is 0 Å². The van der Waals surface area contributed by atoms with Crippen LogP contribution in [-0.2, 0) is 6.54 Å². The summed E-state index contributed by atoms with van der Waals surface area (Å²) in [6.07, 6.45) is 1.17. The molecule has 1 aromatic rings. The van der Waals surface area contributed by atoms with E-state index < -0.39 is 0 Å². The molecule has 0 unspecified atom stereocenters. The van der Waals surface area contributed by atoms with Crippen LogP contribution in [0.4, 0.5) is 0 Å². The van der Waals surface area contributed by atoms with Crippen LogP contribution in [0.2, 0.25) is 4.34 Å². The molecule has 0 atom stereocenters. The van der Waals surface area contributed by atoms with Crippen molar-refractivity contribution in [2.45, 2.75) is 26.8 Å². The van der Waals surface area contributed by atoms with Gasteiger partial charge in [-0.2, -0.15) is 0 Å². The Morgan fingerprint density at radius 1 is 1.25 bits per heavy atom. The summed E-state index contributed by atoms with van der Waals surface area (Å²) >= 11 is 7.50. The summed E-state index contributed by atoms with van der Waals surface area (Å²) in [6, 6.07) is 4.03. The van der Waals surface area contributed by atoms with Gasteiger partial charge in [0, 0.05) is 11.4 Å². The second-order valence-corrected chi connectivity index (χ2v) is 6.13. The highest BCUT2D eigenvalue weighted by atomic mass is 35.5. The highest BCUT2D eigenvalue weighted by Gasteiger charge is 1.97. The minimum Gasteiger partial charge on any atom is -0.316 e. The number of hydrogen-bond acceptors (Lipinski definition) is 3. The highest BCUT2D eigenvalue weighted by Crippen LogP contribution is 2.20. The van der Waals surface area contributed by atoms with Gasteiger partial charge >= 0.3 is 0 Å². The van der Waals surface area contributed by atoms with Gasteiger partial charge in [0.05, 0.1) is 4.34 Å². The molecule has 2 nitrogen and oxygen atoms in total. The first-order valence-electron chi connectivity index (χ1n) is 5.84. The maximum atomic E-state index is 5.85. The quantitative estimate of drug-likeness (QED) is 0.702. The summed E-state index contributed by atoms with van der Waals surface area (Å²) in [4.78, 5) is 1.31. The zero-order chi connectivity index (χ0) is 11.8. The molecule has 4 heteroatoms. The summed E-state index contributed by atoms with van der Waals surface area (Å²) < 4.78 is 0.871. The maximum absolute atomic E-state index is 5.85. The lowest BCUT2D eigenvalue weighted by Gasteiger charge is -2.07. The molecule has 0 aromatic carbocycles. The van der Waals surface area contributed by atoms with E-state index in [1.165, 1.54) is 11.3 Å². The Morgan fingerprint density at radius 3 is 2.62 bits per heavy atom. The van der Waals surface area contributed by atoms with Crippen molar-refractivity contribution in [3.63, 3.8) is 0 Å².